The van der Waals surface area contributed by atoms with E-state index in [1.807, 2.05) is 12.1 Å². The Morgan fingerprint density at radius 3 is 2.85 bits per heavy atom. The zero-order valence-electron chi connectivity index (χ0n) is 12.2. The molecule has 1 aromatic carbocycles. The molecule has 2 rings (SSSR count). The van der Waals surface area contributed by atoms with Gasteiger partial charge in [0.15, 0.2) is 0 Å². The van der Waals surface area contributed by atoms with Crippen molar-refractivity contribution in [1.82, 2.24) is 0 Å². The highest BCUT2D eigenvalue weighted by atomic mass is 15.1. The third-order valence-corrected chi connectivity index (χ3v) is 3.21. The topological polar surface area (TPSA) is 50.7 Å². The molecule has 1 aromatic rings. The van der Waals surface area contributed by atoms with Gasteiger partial charge in [0.2, 0.25) is 0 Å². The second-order valence-corrected chi connectivity index (χ2v) is 5.12. The fraction of sp³-hybridized carbons (Fsp3) is 0.412. The van der Waals surface area contributed by atoms with Crippen molar-refractivity contribution in [2.75, 3.05) is 6.54 Å². The number of hydrogen-bond donors (Lipinski definition) is 1. The molecule has 1 saturated carbocycles. The number of nitrogens with two attached hydrogens (primary N) is 1. The summed E-state index contributed by atoms with van der Waals surface area (Å²) in [5.41, 5.74) is 3.92. The Kier molecular flexibility index (Phi) is 4.95. The van der Waals surface area contributed by atoms with Gasteiger partial charge in [0, 0.05) is 29.8 Å². The van der Waals surface area contributed by atoms with E-state index in [1.54, 1.807) is 6.21 Å². The Morgan fingerprint density at radius 1 is 1.45 bits per heavy atom. The van der Waals surface area contributed by atoms with Gasteiger partial charge in [0.25, 0.3) is 0 Å². The number of benzene rings is 1. The molecule has 0 saturated heterocycles. The van der Waals surface area contributed by atoms with E-state index in [1.165, 1.54) is 12.8 Å². The average Bonchev–Trinajstić information content (AvgIpc) is 3.27. The number of nitrogens with zero attached hydrogens (tertiary/aromatic N) is 2. The molecule has 0 radical (unpaired) electrons. The van der Waals surface area contributed by atoms with Crippen molar-refractivity contribution >= 4 is 11.9 Å². The molecule has 1 aliphatic carbocycles. The molecule has 104 valence electrons. The summed E-state index contributed by atoms with van der Waals surface area (Å²) in [6.07, 6.45) is 5.27. The quantitative estimate of drug-likeness (QED) is 0.388. The van der Waals surface area contributed by atoms with Gasteiger partial charge in [0.1, 0.15) is 5.71 Å². The van der Waals surface area contributed by atoms with E-state index in [4.69, 9.17) is 5.84 Å². The van der Waals surface area contributed by atoms with Crippen molar-refractivity contribution in [3.63, 3.8) is 0 Å². The summed E-state index contributed by atoms with van der Waals surface area (Å²) in [5.74, 6) is 12.6. The van der Waals surface area contributed by atoms with Crippen molar-refractivity contribution < 1.29 is 0 Å². The Balaban J connectivity index is 2.17. The smallest absolute Gasteiger partial charge is 0.108 e. The lowest BCUT2D eigenvalue weighted by molar-refractivity contribution is 0.938. The predicted octanol–water partition coefficient (Wildman–Crippen LogP) is 2.90. The maximum absolute atomic E-state index is 5.47. The first-order valence-corrected chi connectivity index (χ1v) is 7.15. The molecular formula is C17H21N3. The van der Waals surface area contributed by atoms with Gasteiger partial charge in [-0.05, 0) is 43.9 Å². The molecule has 0 heterocycles. The highest BCUT2D eigenvalue weighted by Gasteiger charge is 2.17. The second-order valence-electron chi connectivity index (χ2n) is 5.12. The predicted molar refractivity (Wildman–Crippen MR) is 85.2 cm³/mol. The van der Waals surface area contributed by atoms with E-state index < -0.39 is 0 Å². The summed E-state index contributed by atoms with van der Waals surface area (Å²) < 4.78 is 0. The van der Waals surface area contributed by atoms with Gasteiger partial charge >= 0.3 is 0 Å². The lowest BCUT2D eigenvalue weighted by Gasteiger charge is -2.05. The van der Waals surface area contributed by atoms with E-state index in [0.717, 1.165) is 35.4 Å². The number of rotatable bonds is 4. The number of hydrogen-bond acceptors (Lipinski definition) is 3. The molecule has 0 amide bonds. The van der Waals surface area contributed by atoms with Gasteiger partial charge in [-0.3, -0.25) is 4.99 Å². The first kappa shape index (κ1) is 14.3. The normalized spacial score (nSPS) is 15.2. The van der Waals surface area contributed by atoms with Crippen LogP contribution in [0, 0.1) is 24.7 Å². The van der Waals surface area contributed by atoms with Crippen molar-refractivity contribution in [2.24, 2.45) is 21.9 Å². The molecule has 0 bridgehead atoms. The van der Waals surface area contributed by atoms with Gasteiger partial charge < -0.3 is 5.84 Å². The van der Waals surface area contributed by atoms with Crippen molar-refractivity contribution in [2.45, 2.75) is 33.1 Å². The highest BCUT2D eigenvalue weighted by molar-refractivity contribution is 6.38. The maximum atomic E-state index is 5.47. The van der Waals surface area contributed by atoms with Crippen LogP contribution in [0.4, 0.5) is 0 Å². The minimum absolute atomic E-state index is 0.623. The van der Waals surface area contributed by atoms with Crippen LogP contribution in [0.1, 0.15) is 42.9 Å². The number of hydrazone groups is 1. The minimum atomic E-state index is 0.623. The van der Waals surface area contributed by atoms with Gasteiger partial charge in [-0.25, -0.2) is 0 Å². The number of aliphatic imine (C=N–C) groups is 1. The third kappa shape index (κ3) is 3.96. The molecule has 0 unspecified atom stereocenters. The van der Waals surface area contributed by atoms with Crippen LogP contribution < -0.4 is 5.84 Å². The van der Waals surface area contributed by atoms with Gasteiger partial charge in [-0.15, -0.1) is 0 Å². The molecule has 0 aliphatic heterocycles. The molecular weight excluding hydrogens is 246 g/mol. The molecule has 0 atom stereocenters. The van der Waals surface area contributed by atoms with Crippen LogP contribution in [0.25, 0.3) is 0 Å². The highest BCUT2D eigenvalue weighted by Crippen LogP contribution is 2.27. The largest absolute Gasteiger partial charge is 0.323 e. The van der Waals surface area contributed by atoms with Gasteiger partial charge in [-0.1, -0.05) is 24.8 Å². The standard InChI is InChI=1S/C17H21N3/c1-3-10-19-12-17(20-18)16-9-8-15(11-13(16)2)7-6-14-4-5-14/h8-9,11-12,14H,3-5,10,18H2,1-2H3/b19-12?,20-17+. The molecule has 1 fully saturated rings. The first-order valence-electron chi connectivity index (χ1n) is 7.15. The van der Waals surface area contributed by atoms with Crippen molar-refractivity contribution in [3.8, 4) is 11.8 Å². The molecule has 2 N–H and O–H groups in total. The van der Waals surface area contributed by atoms with E-state index in [-0.39, 0.29) is 0 Å². The summed E-state index contributed by atoms with van der Waals surface area (Å²) in [4.78, 5) is 4.30. The monoisotopic (exact) mass is 267 g/mol. The summed E-state index contributed by atoms with van der Waals surface area (Å²) >= 11 is 0. The van der Waals surface area contributed by atoms with Crippen LogP contribution >= 0.6 is 0 Å². The van der Waals surface area contributed by atoms with E-state index in [2.05, 4.69) is 41.8 Å². The Hall–Kier alpha value is -2.08. The van der Waals surface area contributed by atoms with Gasteiger partial charge in [0.05, 0.1) is 0 Å². The summed E-state index contributed by atoms with van der Waals surface area (Å²) in [5, 5.41) is 3.84. The lowest BCUT2D eigenvalue weighted by atomic mass is 10.0. The van der Waals surface area contributed by atoms with Crippen molar-refractivity contribution in [3.05, 3.63) is 34.9 Å². The SMILES string of the molecule is CCCN=C/C(=N\N)c1ccc(C#CC2CC2)cc1C. The van der Waals surface area contributed by atoms with Gasteiger partial charge in [-0.2, -0.15) is 5.10 Å². The maximum Gasteiger partial charge on any atom is 0.108 e. The van der Waals surface area contributed by atoms with E-state index in [0.29, 0.717) is 5.92 Å². The molecule has 1 aliphatic rings. The summed E-state index contributed by atoms with van der Waals surface area (Å²) in [6.45, 7) is 4.94. The molecule has 20 heavy (non-hydrogen) atoms. The Morgan fingerprint density at radius 2 is 2.25 bits per heavy atom. The second kappa shape index (κ2) is 6.91. The average molecular weight is 267 g/mol. The van der Waals surface area contributed by atoms with E-state index >= 15 is 0 Å². The van der Waals surface area contributed by atoms with Crippen LogP contribution in [0.5, 0.6) is 0 Å². The van der Waals surface area contributed by atoms with Crippen LogP contribution in [-0.4, -0.2) is 18.5 Å². The van der Waals surface area contributed by atoms with Crippen LogP contribution in [0.15, 0.2) is 28.3 Å². The summed E-state index contributed by atoms with van der Waals surface area (Å²) in [7, 11) is 0. The minimum Gasteiger partial charge on any atom is -0.323 e. The first-order chi connectivity index (χ1) is 9.74. The van der Waals surface area contributed by atoms with Crippen LogP contribution in [0.3, 0.4) is 0 Å². The number of aryl methyl sites for hydroxylation is 1. The molecule has 0 aromatic heterocycles. The van der Waals surface area contributed by atoms with E-state index in [9.17, 15) is 0 Å². The fourth-order valence-electron chi connectivity index (χ4n) is 1.89. The Bertz CT molecular complexity index is 584. The zero-order valence-corrected chi connectivity index (χ0v) is 12.2. The molecule has 3 heteroatoms. The fourth-order valence-corrected chi connectivity index (χ4v) is 1.89. The Labute approximate surface area is 121 Å². The molecule has 0 spiro atoms. The lowest BCUT2D eigenvalue weighted by Crippen LogP contribution is -2.08. The van der Waals surface area contributed by atoms with Crippen LogP contribution in [0.2, 0.25) is 0 Å². The van der Waals surface area contributed by atoms with Crippen molar-refractivity contribution in [1.29, 1.82) is 0 Å². The molecule has 3 nitrogen and oxygen atoms in total. The van der Waals surface area contributed by atoms with Crippen LogP contribution in [-0.2, 0) is 0 Å². The third-order valence-electron chi connectivity index (χ3n) is 3.21. The zero-order chi connectivity index (χ0) is 14.4. The summed E-state index contributed by atoms with van der Waals surface area (Å²) in [6, 6.07) is 6.13.